The summed E-state index contributed by atoms with van der Waals surface area (Å²) in [6.07, 6.45) is 5.02. The van der Waals surface area contributed by atoms with E-state index in [1.807, 2.05) is 17.0 Å². The third kappa shape index (κ3) is 4.12. The standard InChI is InChI=1S/C19H29N5O/c1-22-9-3-4-16(14-22)23-10-12-24(13-11-23)19(25)21-18-6-2-5-17(20-18)15-7-8-15/h2,5-6,15-16H,3-4,7-14H2,1H3,(H,20,21,25). The zero-order chi connectivity index (χ0) is 17.2. The second kappa shape index (κ2) is 7.30. The van der Waals surface area contributed by atoms with Gasteiger partial charge in [-0.05, 0) is 51.4 Å². The fourth-order valence-electron chi connectivity index (χ4n) is 4.04. The van der Waals surface area contributed by atoms with Crippen LogP contribution in [0.25, 0.3) is 0 Å². The maximum absolute atomic E-state index is 12.5. The van der Waals surface area contributed by atoms with Gasteiger partial charge in [-0.3, -0.25) is 10.2 Å². The SMILES string of the molecule is CN1CCCC(N2CCN(C(=O)Nc3cccc(C4CC4)n3)CC2)C1. The maximum Gasteiger partial charge on any atom is 0.323 e. The Morgan fingerprint density at radius 2 is 1.92 bits per heavy atom. The quantitative estimate of drug-likeness (QED) is 0.914. The molecule has 1 N–H and O–H groups in total. The van der Waals surface area contributed by atoms with Gasteiger partial charge in [-0.15, -0.1) is 0 Å². The summed E-state index contributed by atoms with van der Waals surface area (Å²) in [5.41, 5.74) is 1.11. The topological polar surface area (TPSA) is 51.7 Å². The number of hydrogen-bond donors (Lipinski definition) is 1. The summed E-state index contributed by atoms with van der Waals surface area (Å²) in [5, 5.41) is 2.99. The molecule has 3 fully saturated rings. The first-order valence-corrected chi connectivity index (χ1v) is 9.64. The Bertz CT molecular complexity index is 610. The van der Waals surface area contributed by atoms with Crippen LogP contribution in [-0.2, 0) is 0 Å². The van der Waals surface area contributed by atoms with Crippen molar-refractivity contribution in [1.29, 1.82) is 0 Å². The minimum atomic E-state index is -0.0131. The highest BCUT2D eigenvalue weighted by molar-refractivity contribution is 5.88. The molecule has 25 heavy (non-hydrogen) atoms. The largest absolute Gasteiger partial charge is 0.323 e. The van der Waals surface area contributed by atoms with E-state index in [1.165, 1.54) is 32.2 Å². The third-order valence-electron chi connectivity index (χ3n) is 5.72. The number of hydrogen-bond acceptors (Lipinski definition) is 4. The van der Waals surface area contributed by atoms with Crippen LogP contribution in [0.3, 0.4) is 0 Å². The molecule has 2 aliphatic heterocycles. The molecule has 4 rings (SSSR count). The van der Waals surface area contributed by atoms with Gasteiger partial charge >= 0.3 is 6.03 Å². The van der Waals surface area contributed by atoms with E-state index in [1.54, 1.807) is 0 Å². The molecule has 0 aromatic carbocycles. The van der Waals surface area contributed by atoms with Crippen LogP contribution >= 0.6 is 0 Å². The van der Waals surface area contributed by atoms with Gasteiger partial charge in [0, 0.05) is 50.4 Å². The number of nitrogens with one attached hydrogen (secondary N) is 1. The van der Waals surface area contributed by atoms with Crippen LogP contribution in [0.4, 0.5) is 10.6 Å². The summed E-state index contributed by atoms with van der Waals surface area (Å²) >= 11 is 0. The van der Waals surface area contributed by atoms with E-state index in [9.17, 15) is 4.79 Å². The highest BCUT2D eigenvalue weighted by Crippen LogP contribution is 2.39. The average molecular weight is 343 g/mol. The zero-order valence-corrected chi connectivity index (χ0v) is 15.2. The third-order valence-corrected chi connectivity index (χ3v) is 5.72. The molecule has 1 atom stereocenters. The molecule has 0 radical (unpaired) electrons. The molecule has 0 spiro atoms. The van der Waals surface area contributed by atoms with Crippen LogP contribution in [-0.4, -0.2) is 78.1 Å². The summed E-state index contributed by atoms with van der Waals surface area (Å²) in [7, 11) is 2.21. The number of urea groups is 1. The van der Waals surface area contributed by atoms with Gasteiger partial charge in [-0.2, -0.15) is 0 Å². The van der Waals surface area contributed by atoms with E-state index in [4.69, 9.17) is 0 Å². The number of nitrogens with zero attached hydrogens (tertiary/aromatic N) is 4. The van der Waals surface area contributed by atoms with Crippen LogP contribution in [0.2, 0.25) is 0 Å². The minimum Gasteiger partial charge on any atom is -0.322 e. The lowest BCUT2D eigenvalue weighted by Crippen LogP contribution is -2.56. The predicted octanol–water partition coefficient (Wildman–Crippen LogP) is 2.20. The van der Waals surface area contributed by atoms with Crippen molar-refractivity contribution in [1.82, 2.24) is 19.7 Å². The molecule has 1 unspecified atom stereocenters. The van der Waals surface area contributed by atoms with Crippen molar-refractivity contribution in [2.24, 2.45) is 0 Å². The van der Waals surface area contributed by atoms with Crippen molar-refractivity contribution in [2.45, 2.75) is 37.6 Å². The van der Waals surface area contributed by atoms with Gasteiger partial charge in [-0.1, -0.05) is 6.07 Å². The Labute approximate surface area is 150 Å². The van der Waals surface area contributed by atoms with Crippen molar-refractivity contribution in [3.8, 4) is 0 Å². The molecular formula is C19H29N5O. The van der Waals surface area contributed by atoms with Crippen molar-refractivity contribution in [2.75, 3.05) is 51.6 Å². The average Bonchev–Trinajstić information content (AvgIpc) is 3.47. The Hall–Kier alpha value is -1.66. The molecule has 1 saturated carbocycles. The van der Waals surface area contributed by atoms with E-state index in [-0.39, 0.29) is 6.03 Å². The van der Waals surface area contributed by atoms with Crippen LogP contribution < -0.4 is 5.32 Å². The van der Waals surface area contributed by atoms with Gasteiger partial charge in [0.1, 0.15) is 5.82 Å². The van der Waals surface area contributed by atoms with Crippen LogP contribution in [0.5, 0.6) is 0 Å². The zero-order valence-electron chi connectivity index (χ0n) is 15.2. The van der Waals surface area contributed by atoms with Gasteiger partial charge < -0.3 is 9.80 Å². The van der Waals surface area contributed by atoms with Gasteiger partial charge in [0.2, 0.25) is 0 Å². The predicted molar refractivity (Wildman–Crippen MR) is 98.9 cm³/mol. The number of anilines is 1. The molecule has 3 heterocycles. The number of amides is 2. The van der Waals surface area contributed by atoms with Crippen molar-refractivity contribution in [3.63, 3.8) is 0 Å². The van der Waals surface area contributed by atoms with Crippen molar-refractivity contribution < 1.29 is 4.79 Å². The highest BCUT2D eigenvalue weighted by atomic mass is 16.2. The number of aromatic nitrogens is 1. The van der Waals surface area contributed by atoms with E-state index in [2.05, 4.69) is 33.2 Å². The summed E-state index contributed by atoms with van der Waals surface area (Å²) < 4.78 is 0. The summed E-state index contributed by atoms with van der Waals surface area (Å²) in [6, 6.07) is 6.58. The minimum absolute atomic E-state index is 0.0131. The number of carbonyl (C=O) groups is 1. The number of likely N-dealkylation sites (N-methyl/N-ethyl adjacent to an activating group) is 1. The summed E-state index contributed by atoms with van der Waals surface area (Å²) in [4.78, 5) is 24.0. The number of piperazine rings is 1. The number of likely N-dealkylation sites (tertiary alicyclic amines) is 1. The molecule has 6 nitrogen and oxygen atoms in total. The van der Waals surface area contributed by atoms with E-state index in [0.717, 1.165) is 38.4 Å². The first-order chi connectivity index (χ1) is 12.2. The molecule has 3 aliphatic rings. The number of pyridine rings is 1. The monoisotopic (exact) mass is 343 g/mol. The normalized spacial score (nSPS) is 25.8. The van der Waals surface area contributed by atoms with Crippen molar-refractivity contribution >= 4 is 11.8 Å². The first-order valence-electron chi connectivity index (χ1n) is 9.64. The maximum atomic E-state index is 12.5. The fraction of sp³-hybridized carbons (Fsp3) is 0.684. The molecule has 6 heteroatoms. The molecule has 1 aromatic heterocycles. The van der Waals surface area contributed by atoms with Crippen LogP contribution in [0.15, 0.2) is 18.2 Å². The number of carbonyl (C=O) groups excluding carboxylic acids is 1. The second-order valence-electron chi connectivity index (χ2n) is 7.73. The van der Waals surface area contributed by atoms with E-state index in [0.29, 0.717) is 17.8 Å². The van der Waals surface area contributed by atoms with Gasteiger partial charge in [0.05, 0.1) is 0 Å². The molecule has 2 saturated heterocycles. The Morgan fingerprint density at radius 3 is 2.64 bits per heavy atom. The molecule has 1 aromatic rings. The first kappa shape index (κ1) is 16.8. The Balaban J connectivity index is 1.28. The van der Waals surface area contributed by atoms with Gasteiger partial charge in [0.15, 0.2) is 0 Å². The van der Waals surface area contributed by atoms with E-state index >= 15 is 0 Å². The van der Waals surface area contributed by atoms with Gasteiger partial charge in [-0.25, -0.2) is 9.78 Å². The lowest BCUT2D eigenvalue weighted by Gasteiger charge is -2.42. The fourth-order valence-corrected chi connectivity index (χ4v) is 4.04. The lowest BCUT2D eigenvalue weighted by atomic mass is 10.0. The van der Waals surface area contributed by atoms with Gasteiger partial charge in [0.25, 0.3) is 0 Å². The summed E-state index contributed by atoms with van der Waals surface area (Å²) in [6.45, 7) is 5.92. The highest BCUT2D eigenvalue weighted by Gasteiger charge is 2.29. The smallest absolute Gasteiger partial charge is 0.322 e. The molecule has 0 bridgehead atoms. The molecule has 1 aliphatic carbocycles. The van der Waals surface area contributed by atoms with Crippen molar-refractivity contribution in [3.05, 3.63) is 23.9 Å². The Morgan fingerprint density at radius 1 is 1.12 bits per heavy atom. The number of piperidine rings is 1. The summed E-state index contributed by atoms with van der Waals surface area (Å²) in [5.74, 6) is 1.29. The molecular weight excluding hydrogens is 314 g/mol. The Kier molecular flexibility index (Phi) is 4.90. The van der Waals surface area contributed by atoms with Crippen LogP contribution in [0, 0.1) is 0 Å². The number of rotatable bonds is 3. The molecule has 136 valence electrons. The van der Waals surface area contributed by atoms with E-state index < -0.39 is 0 Å². The second-order valence-corrected chi connectivity index (χ2v) is 7.73. The van der Waals surface area contributed by atoms with Crippen LogP contribution in [0.1, 0.15) is 37.3 Å². The lowest BCUT2D eigenvalue weighted by molar-refractivity contribution is 0.0717. The molecule has 2 amide bonds.